The summed E-state index contributed by atoms with van der Waals surface area (Å²) >= 11 is 6.17. The van der Waals surface area contributed by atoms with Gasteiger partial charge in [-0.2, -0.15) is 13.2 Å². The molecule has 10 heteroatoms. The van der Waals surface area contributed by atoms with E-state index in [9.17, 15) is 26.4 Å². The topological polar surface area (TPSA) is 66.5 Å². The Balaban J connectivity index is 1.66. The van der Waals surface area contributed by atoms with Crippen LogP contribution in [0.4, 0.5) is 18.9 Å². The molecule has 1 aliphatic rings. The highest BCUT2D eigenvalue weighted by Gasteiger charge is 2.34. The minimum Gasteiger partial charge on any atom is -0.348 e. The maximum Gasteiger partial charge on any atom is 0.416 e. The standard InChI is InChI=1S/C26H24ClF3N2O3S/c1-17(19-11-10-18-6-5-7-20(18)14-19)31-25(33)16-32(36(34,35)22-8-3-2-4-9-22)24-15-21(26(28,29)30)12-13-23(24)27/h2-4,8-15,17H,5-7,16H2,1H3,(H,31,33). The summed E-state index contributed by atoms with van der Waals surface area (Å²) < 4.78 is 67.8. The van der Waals surface area contributed by atoms with Gasteiger partial charge in [-0.3, -0.25) is 9.10 Å². The molecule has 3 aromatic rings. The van der Waals surface area contributed by atoms with Gasteiger partial charge in [0.1, 0.15) is 6.54 Å². The Labute approximate surface area is 212 Å². The Hall–Kier alpha value is -3.04. The first-order chi connectivity index (χ1) is 17.0. The largest absolute Gasteiger partial charge is 0.416 e. The molecule has 4 rings (SSSR count). The zero-order chi connectivity index (χ0) is 26.1. The highest BCUT2D eigenvalue weighted by atomic mass is 35.5. The SMILES string of the molecule is CC(NC(=O)CN(c1cc(C(F)(F)F)ccc1Cl)S(=O)(=O)c1ccccc1)c1ccc2c(c1)CCC2. The van der Waals surface area contributed by atoms with Gasteiger partial charge in [0.05, 0.1) is 27.2 Å². The van der Waals surface area contributed by atoms with Crippen LogP contribution in [-0.4, -0.2) is 20.9 Å². The van der Waals surface area contributed by atoms with Crippen molar-refractivity contribution in [3.05, 3.63) is 94.0 Å². The van der Waals surface area contributed by atoms with Gasteiger partial charge in [-0.1, -0.05) is 48.0 Å². The summed E-state index contributed by atoms with van der Waals surface area (Å²) in [4.78, 5) is 12.9. The van der Waals surface area contributed by atoms with E-state index >= 15 is 0 Å². The Morgan fingerprint density at radius 3 is 2.42 bits per heavy atom. The number of carbonyl (C=O) groups is 1. The number of hydrogen-bond donors (Lipinski definition) is 1. The Kier molecular flexibility index (Phi) is 7.33. The summed E-state index contributed by atoms with van der Waals surface area (Å²) in [6.45, 7) is 1.01. The lowest BCUT2D eigenvalue weighted by Crippen LogP contribution is -2.41. The lowest BCUT2D eigenvalue weighted by Gasteiger charge is -2.26. The third kappa shape index (κ3) is 5.52. The molecule has 1 atom stereocenters. The number of carbonyl (C=O) groups excluding carboxylic acids is 1. The van der Waals surface area contributed by atoms with E-state index in [4.69, 9.17) is 11.6 Å². The average molecular weight is 537 g/mol. The number of sulfonamides is 1. The summed E-state index contributed by atoms with van der Waals surface area (Å²) in [6.07, 6.45) is -1.68. The van der Waals surface area contributed by atoms with E-state index < -0.39 is 45.9 Å². The molecule has 0 aromatic heterocycles. The van der Waals surface area contributed by atoms with Gasteiger partial charge in [-0.05, 0) is 73.2 Å². The molecule has 36 heavy (non-hydrogen) atoms. The van der Waals surface area contributed by atoms with Crippen LogP contribution in [0.5, 0.6) is 0 Å². The van der Waals surface area contributed by atoms with Crippen molar-refractivity contribution in [1.82, 2.24) is 5.32 Å². The lowest BCUT2D eigenvalue weighted by atomic mass is 10.0. The van der Waals surface area contributed by atoms with Crippen LogP contribution in [0.25, 0.3) is 0 Å². The first-order valence-corrected chi connectivity index (χ1v) is 13.1. The number of rotatable bonds is 7. The van der Waals surface area contributed by atoms with Crippen molar-refractivity contribution >= 4 is 33.2 Å². The third-order valence-corrected chi connectivity index (χ3v) is 8.25. The Bertz CT molecular complexity index is 1380. The van der Waals surface area contributed by atoms with Crippen molar-refractivity contribution in [1.29, 1.82) is 0 Å². The van der Waals surface area contributed by atoms with E-state index in [2.05, 4.69) is 5.32 Å². The number of benzene rings is 3. The van der Waals surface area contributed by atoms with Gasteiger partial charge >= 0.3 is 6.18 Å². The molecule has 3 aromatic carbocycles. The smallest absolute Gasteiger partial charge is 0.348 e. The monoisotopic (exact) mass is 536 g/mol. The number of alkyl halides is 3. The molecule has 0 fully saturated rings. The van der Waals surface area contributed by atoms with E-state index in [1.54, 1.807) is 13.0 Å². The maximum absolute atomic E-state index is 13.5. The van der Waals surface area contributed by atoms with Gasteiger partial charge in [0, 0.05) is 0 Å². The molecule has 0 spiro atoms. The molecule has 0 aliphatic heterocycles. The fourth-order valence-corrected chi connectivity index (χ4v) is 5.98. The number of aryl methyl sites for hydroxylation is 2. The van der Waals surface area contributed by atoms with Crippen LogP contribution < -0.4 is 9.62 Å². The number of hydrogen-bond acceptors (Lipinski definition) is 3. The summed E-state index contributed by atoms with van der Waals surface area (Å²) in [5, 5.41) is 2.53. The second-order valence-electron chi connectivity index (χ2n) is 8.66. The number of nitrogens with one attached hydrogen (secondary N) is 1. The zero-order valence-corrected chi connectivity index (χ0v) is 20.9. The fraction of sp³-hybridized carbons (Fsp3) is 0.269. The minimum absolute atomic E-state index is 0.182. The molecule has 0 saturated carbocycles. The van der Waals surface area contributed by atoms with Crippen LogP contribution in [0.1, 0.15) is 41.6 Å². The molecule has 1 aliphatic carbocycles. The number of halogens is 4. The number of fused-ring (bicyclic) bond motifs is 1. The Morgan fingerprint density at radius 1 is 1.03 bits per heavy atom. The van der Waals surface area contributed by atoms with Crippen molar-refractivity contribution in [2.24, 2.45) is 0 Å². The van der Waals surface area contributed by atoms with Crippen LogP contribution in [0.2, 0.25) is 5.02 Å². The van der Waals surface area contributed by atoms with Crippen LogP contribution >= 0.6 is 11.6 Å². The highest BCUT2D eigenvalue weighted by Crippen LogP contribution is 2.37. The van der Waals surface area contributed by atoms with Gasteiger partial charge in [0.2, 0.25) is 5.91 Å². The third-order valence-electron chi connectivity index (χ3n) is 6.16. The quantitative estimate of drug-likeness (QED) is 0.407. The molecular formula is C26H24ClF3N2O3S. The zero-order valence-electron chi connectivity index (χ0n) is 19.3. The van der Waals surface area contributed by atoms with Crippen LogP contribution in [0, 0.1) is 0 Å². The minimum atomic E-state index is -4.73. The second-order valence-corrected chi connectivity index (χ2v) is 10.9. The molecule has 1 unspecified atom stereocenters. The molecule has 0 heterocycles. The summed E-state index contributed by atoms with van der Waals surface area (Å²) in [6, 6.07) is 15.1. The van der Waals surface area contributed by atoms with Crippen molar-refractivity contribution in [2.45, 2.75) is 43.3 Å². The lowest BCUT2D eigenvalue weighted by molar-refractivity contribution is -0.137. The first kappa shape index (κ1) is 26.0. The van der Waals surface area contributed by atoms with Crippen molar-refractivity contribution in [3.8, 4) is 0 Å². The van der Waals surface area contributed by atoms with Gasteiger partial charge in [0.15, 0.2) is 0 Å². The van der Waals surface area contributed by atoms with Crippen molar-refractivity contribution in [2.75, 3.05) is 10.8 Å². The van der Waals surface area contributed by atoms with Gasteiger partial charge in [-0.25, -0.2) is 8.42 Å². The molecule has 1 N–H and O–H groups in total. The highest BCUT2D eigenvalue weighted by molar-refractivity contribution is 7.92. The predicted molar refractivity (Wildman–Crippen MR) is 132 cm³/mol. The normalized spacial score (nSPS) is 14.2. The first-order valence-electron chi connectivity index (χ1n) is 11.3. The second kappa shape index (κ2) is 10.1. The molecule has 0 saturated heterocycles. The summed E-state index contributed by atoms with van der Waals surface area (Å²) in [7, 11) is -4.42. The molecular weight excluding hydrogens is 513 g/mol. The van der Waals surface area contributed by atoms with E-state index in [0.717, 1.165) is 37.0 Å². The number of anilines is 1. The van der Waals surface area contributed by atoms with Gasteiger partial charge < -0.3 is 5.32 Å². The van der Waals surface area contributed by atoms with Gasteiger partial charge in [-0.15, -0.1) is 0 Å². The fourth-order valence-electron chi connectivity index (χ4n) is 4.26. The predicted octanol–water partition coefficient (Wildman–Crippen LogP) is 5.92. The van der Waals surface area contributed by atoms with Gasteiger partial charge in [0.25, 0.3) is 10.0 Å². The van der Waals surface area contributed by atoms with Crippen molar-refractivity contribution < 1.29 is 26.4 Å². The van der Waals surface area contributed by atoms with E-state index in [-0.39, 0.29) is 9.92 Å². The van der Waals surface area contributed by atoms with E-state index in [1.807, 2.05) is 18.2 Å². The summed E-state index contributed by atoms with van der Waals surface area (Å²) in [5.74, 6) is -0.684. The average Bonchev–Trinajstić information content (AvgIpc) is 3.31. The molecule has 1 amide bonds. The van der Waals surface area contributed by atoms with Crippen molar-refractivity contribution in [3.63, 3.8) is 0 Å². The summed E-state index contributed by atoms with van der Waals surface area (Å²) in [5.41, 5.74) is 1.84. The Morgan fingerprint density at radius 2 is 1.72 bits per heavy atom. The molecule has 5 nitrogen and oxygen atoms in total. The van der Waals surface area contributed by atoms with E-state index in [1.165, 1.54) is 35.4 Å². The van der Waals surface area contributed by atoms with E-state index in [0.29, 0.717) is 10.4 Å². The molecule has 0 radical (unpaired) electrons. The number of nitrogens with zero attached hydrogens (tertiary/aromatic N) is 1. The van der Waals surface area contributed by atoms with Crippen LogP contribution in [-0.2, 0) is 33.8 Å². The van der Waals surface area contributed by atoms with Crippen LogP contribution in [0.3, 0.4) is 0 Å². The molecule has 190 valence electrons. The molecule has 0 bridgehead atoms. The number of amides is 1. The van der Waals surface area contributed by atoms with Crippen LogP contribution in [0.15, 0.2) is 71.6 Å². The maximum atomic E-state index is 13.5.